The van der Waals surface area contributed by atoms with Crippen LogP contribution >= 0.6 is 0 Å². The molecule has 0 saturated carbocycles. The molecular weight excluding hydrogens is 233 g/mol. The number of nitrogens with zero attached hydrogens (tertiary/aromatic N) is 1. The molecule has 4 heteroatoms. The maximum Gasteiger partial charge on any atom is 0.167 e. The summed E-state index contributed by atoms with van der Waals surface area (Å²) < 4.78 is 18.4. The zero-order chi connectivity index (χ0) is 13.1. The van der Waals surface area contributed by atoms with Crippen LogP contribution in [0.25, 0.3) is 0 Å². The molecule has 1 atom stereocenters. The lowest BCUT2D eigenvalue weighted by atomic mass is 9.90. The molecule has 1 aliphatic heterocycles. The van der Waals surface area contributed by atoms with E-state index in [0.717, 1.165) is 25.9 Å². The van der Waals surface area contributed by atoms with Crippen LogP contribution in [0.5, 0.6) is 5.75 Å². The van der Waals surface area contributed by atoms with E-state index in [0.29, 0.717) is 5.56 Å². The predicted octanol–water partition coefficient (Wildman–Crippen LogP) is 2.36. The molecule has 3 nitrogen and oxygen atoms in total. The Labute approximate surface area is 107 Å². The topological polar surface area (TPSA) is 29.5 Å². The molecule has 0 N–H and O–H groups in total. The van der Waals surface area contributed by atoms with Crippen LogP contribution < -0.4 is 4.74 Å². The molecular formula is C14H18FNO2. The lowest BCUT2D eigenvalue weighted by Crippen LogP contribution is -2.36. The number of carbonyl (C=O) groups excluding carboxylic acids is 1. The van der Waals surface area contributed by atoms with Gasteiger partial charge in [-0.05, 0) is 44.6 Å². The van der Waals surface area contributed by atoms with Crippen molar-refractivity contribution in [3.8, 4) is 5.75 Å². The van der Waals surface area contributed by atoms with Crippen molar-refractivity contribution in [1.82, 2.24) is 4.90 Å². The Bertz CT molecular complexity index is 447. The summed E-state index contributed by atoms with van der Waals surface area (Å²) in [5.74, 6) is -0.292. The van der Waals surface area contributed by atoms with Crippen LogP contribution in [-0.2, 0) is 0 Å². The van der Waals surface area contributed by atoms with Gasteiger partial charge in [0.1, 0.15) is 0 Å². The molecule has 1 aromatic rings. The number of benzene rings is 1. The van der Waals surface area contributed by atoms with Crippen LogP contribution in [0.3, 0.4) is 0 Å². The van der Waals surface area contributed by atoms with Gasteiger partial charge in [0.15, 0.2) is 17.3 Å². The van der Waals surface area contributed by atoms with Crippen molar-refractivity contribution in [3.05, 3.63) is 29.6 Å². The summed E-state index contributed by atoms with van der Waals surface area (Å²) in [6.45, 7) is 1.78. The highest BCUT2D eigenvalue weighted by Crippen LogP contribution is 2.23. The highest BCUT2D eigenvalue weighted by atomic mass is 19.1. The van der Waals surface area contributed by atoms with E-state index in [4.69, 9.17) is 4.74 Å². The van der Waals surface area contributed by atoms with Crippen molar-refractivity contribution in [2.24, 2.45) is 5.92 Å². The standard InChI is InChI=1S/C14H18FNO2/c1-16-7-3-4-11(9-16)14(17)10-5-6-13(18-2)12(15)8-10/h5-6,8,11H,3-4,7,9H2,1-2H3/t11-/m1/s1. The molecule has 0 aliphatic carbocycles. The molecule has 2 rings (SSSR count). The third kappa shape index (κ3) is 2.70. The van der Waals surface area contributed by atoms with Gasteiger partial charge in [0, 0.05) is 18.0 Å². The summed E-state index contributed by atoms with van der Waals surface area (Å²) >= 11 is 0. The molecule has 0 aromatic heterocycles. The fraction of sp³-hybridized carbons (Fsp3) is 0.500. The summed E-state index contributed by atoms with van der Waals surface area (Å²) in [6.07, 6.45) is 1.91. The Morgan fingerprint density at radius 1 is 1.50 bits per heavy atom. The van der Waals surface area contributed by atoms with Gasteiger partial charge in [0.25, 0.3) is 0 Å². The van der Waals surface area contributed by atoms with E-state index in [1.807, 2.05) is 7.05 Å². The number of halogens is 1. The fourth-order valence-electron chi connectivity index (χ4n) is 2.44. The Balaban J connectivity index is 2.15. The number of hydrogen-bond acceptors (Lipinski definition) is 3. The molecule has 0 radical (unpaired) electrons. The first-order valence-electron chi connectivity index (χ1n) is 6.18. The van der Waals surface area contributed by atoms with Crippen molar-refractivity contribution in [2.75, 3.05) is 27.2 Å². The monoisotopic (exact) mass is 251 g/mol. The second-order valence-corrected chi connectivity index (χ2v) is 4.81. The van der Waals surface area contributed by atoms with E-state index in [9.17, 15) is 9.18 Å². The van der Waals surface area contributed by atoms with Crippen molar-refractivity contribution < 1.29 is 13.9 Å². The summed E-state index contributed by atoms with van der Waals surface area (Å²) in [4.78, 5) is 14.4. The molecule has 1 saturated heterocycles. The van der Waals surface area contributed by atoms with Gasteiger partial charge in [0.2, 0.25) is 0 Å². The van der Waals surface area contributed by atoms with Crippen molar-refractivity contribution in [3.63, 3.8) is 0 Å². The van der Waals surface area contributed by atoms with Crippen LogP contribution in [0, 0.1) is 11.7 Å². The first-order valence-corrected chi connectivity index (χ1v) is 6.18. The van der Waals surface area contributed by atoms with Crippen LogP contribution in [0.2, 0.25) is 0 Å². The highest BCUT2D eigenvalue weighted by molar-refractivity contribution is 5.98. The Morgan fingerprint density at radius 3 is 2.89 bits per heavy atom. The van der Waals surface area contributed by atoms with Gasteiger partial charge in [-0.2, -0.15) is 0 Å². The highest BCUT2D eigenvalue weighted by Gasteiger charge is 2.25. The van der Waals surface area contributed by atoms with E-state index in [1.54, 1.807) is 6.07 Å². The van der Waals surface area contributed by atoms with E-state index >= 15 is 0 Å². The maximum absolute atomic E-state index is 13.6. The molecule has 0 amide bonds. The number of carbonyl (C=O) groups is 1. The molecule has 98 valence electrons. The van der Waals surface area contributed by atoms with E-state index < -0.39 is 5.82 Å². The van der Waals surface area contributed by atoms with Gasteiger partial charge in [0.05, 0.1) is 7.11 Å². The third-order valence-corrected chi connectivity index (χ3v) is 3.43. The molecule has 1 heterocycles. The number of ether oxygens (including phenoxy) is 1. The average Bonchev–Trinajstić information content (AvgIpc) is 2.37. The minimum absolute atomic E-state index is 0.0171. The van der Waals surface area contributed by atoms with E-state index in [2.05, 4.69) is 4.90 Å². The summed E-state index contributed by atoms with van der Waals surface area (Å²) in [5.41, 5.74) is 0.439. The fourth-order valence-corrected chi connectivity index (χ4v) is 2.44. The van der Waals surface area contributed by atoms with Crippen molar-refractivity contribution in [2.45, 2.75) is 12.8 Å². The van der Waals surface area contributed by atoms with Gasteiger partial charge in [-0.1, -0.05) is 0 Å². The lowest BCUT2D eigenvalue weighted by molar-refractivity contribution is 0.0842. The van der Waals surface area contributed by atoms with Gasteiger partial charge < -0.3 is 9.64 Å². The quantitative estimate of drug-likeness (QED) is 0.772. The molecule has 1 aromatic carbocycles. The van der Waals surface area contributed by atoms with Crippen LogP contribution in [-0.4, -0.2) is 37.9 Å². The zero-order valence-electron chi connectivity index (χ0n) is 10.8. The van der Waals surface area contributed by atoms with Gasteiger partial charge in [-0.15, -0.1) is 0 Å². The molecule has 0 spiro atoms. The van der Waals surface area contributed by atoms with Crippen LogP contribution in [0.1, 0.15) is 23.2 Å². The normalized spacial score (nSPS) is 20.7. The van der Waals surface area contributed by atoms with Crippen LogP contribution in [0.4, 0.5) is 4.39 Å². The van der Waals surface area contributed by atoms with Crippen molar-refractivity contribution >= 4 is 5.78 Å². The Hall–Kier alpha value is -1.42. The van der Waals surface area contributed by atoms with Gasteiger partial charge in [-0.3, -0.25) is 4.79 Å². The van der Waals surface area contributed by atoms with E-state index in [-0.39, 0.29) is 17.5 Å². The molecule has 0 bridgehead atoms. The number of ketones is 1. The smallest absolute Gasteiger partial charge is 0.167 e. The summed E-state index contributed by atoms with van der Waals surface area (Å²) in [5, 5.41) is 0. The zero-order valence-corrected chi connectivity index (χ0v) is 10.8. The summed E-state index contributed by atoms with van der Waals surface area (Å²) in [7, 11) is 3.42. The van der Waals surface area contributed by atoms with Crippen LogP contribution in [0.15, 0.2) is 18.2 Å². The summed E-state index contributed by atoms with van der Waals surface area (Å²) in [6, 6.07) is 4.42. The van der Waals surface area contributed by atoms with E-state index in [1.165, 1.54) is 19.2 Å². The number of piperidine rings is 1. The largest absolute Gasteiger partial charge is 0.494 e. The number of rotatable bonds is 3. The van der Waals surface area contributed by atoms with Gasteiger partial charge in [-0.25, -0.2) is 4.39 Å². The number of Topliss-reactive ketones (excluding diaryl/α,β-unsaturated/α-hetero) is 1. The number of methoxy groups -OCH3 is 1. The Kier molecular flexibility index (Phi) is 3.97. The first-order chi connectivity index (χ1) is 8.61. The average molecular weight is 251 g/mol. The number of hydrogen-bond donors (Lipinski definition) is 0. The SMILES string of the molecule is COc1ccc(C(=O)[C@@H]2CCCN(C)C2)cc1F. The lowest BCUT2D eigenvalue weighted by Gasteiger charge is -2.28. The van der Waals surface area contributed by atoms with Crippen molar-refractivity contribution in [1.29, 1.82) is 0 Å². The second-order valence-electron chi connectivity index (χ2n) is 4.81. The predicted molar refractivity (Wildman–Crippen MR) is 67.5 cm³/mol. The molecule has 18 heavy (non-hydrogen) atoms. The number of likely N-dealkylation sites (tertiary alicyclic amines) is 1. The molecule has 1 fully saturated rings. The first kappa shape index (κ1) is 13.0. The second kappa shape index (κ2) is 5.48. The minimum Gasteiger partial charge on any atom is -0.494 e. The third-order valence-electron chi connectivity index (χ3n) is 3.43. The molecule has 1 aliphatic rings. The maximum atomic E-state index is 13.6. The minimum atomic E-state index is -0.479. The molecule has 0 unspecified atom stereocenters. The van der Waals surface area contributed by atoms with Gasteiger partial charge >= 0.3 is 0 Å². The Morgan fingerprint density at radius 2 is 2.28 bits per heavy atom.